The van der Waals surface area contributed by atoms with Crippen LogP contribution in [0.15, 0.2) is 12.3 Å². The number of amides is 1. The lowest BCUT2D eigenvalue weighted by Crippen LogP contribution is -2.30. The number of likely N-dealkylation sites (tertiary alicyclic amines) is 1. The van der Waals surface area contributed by atoms with Crippen LogP contribution in [-0.4, -0.2) is 54.0 Å². The van der Waals surface area contributed by atoms with E-state index in [2.05, 4.69) is 0 Å². The molecule has 1 amide bonds. The topological polar surface area (TPSA) is 60.9 Å². The average Bonchev–Trinajstić information content (AvgIpc) is 2.69. The number of carbonyl (C=O) groups excluding carboxylic acids is 1. The van der Waals surface area contributed by atoms with Crippen LogP contribution in [0.5, 0.6) is 0 Å². The molecule has 1 unspecified atom stereocenters. The van der Waals surface area contributed by atoms with Crippen molar-refractivity contribution in [3.63, 3.8) is 0 Å². The first-order valence-electron chi connectivity index (χ1n) is 5.37. The fourth-order valence-corrected chi connectivity index (χ4v) is 2.44. The van der Waals surface area contributed by atoms with E-state index < -0.39 is 6.09 Å². The molecular formula is C11H16N2O3. The molecule has 1 heterocycles. The minimum absolute atomic E-state index is 0.0619. The molecule has 3 atom stereocenters. The number of carbonyl (C=O) groups is 2. The van der Waals surface area contributed by atoms with E-state index in [9.17, 15) is 9.59 Å². The average molecular weight is 224 g/mol. The van der Waals surface area contributed by atoms with Gasteiger partial charge in [-0.3, -0.25) is 4.79 Å². The molecular weight excluding hydrogens is 208 g/mol. The molecule has 16 heavy (non-hydrogen) atoms. The molecule has 1 aliphatic heterocycles. The molecule has 0 radical (unpaired) electrons. The molecule has 0 spiro atoms. The summed E-state index contributed by atoms with van der Waals surface area (Å²) in [4.78, 5) is 25.6. The molecule has 1 aliphatic carbocycles. The van der Waals surface area contributed by atoms with Gasteiger partial charge in [-0.15, -0.1) is 0 Å². The van der Waals surface area contributed by atoms with E-state index in [1.807, 2.05) is 19.0 Å². The molecule has 1 saturated carbocycles. The summed E-state index contributed by atoms with van der Waals surface area (Å²) < 4.78 is 0. The molecule has 5 heteroatoms. The number of rotatable bonds is 3. The molecule has 2 aliphatic rings. The minimum atomic E-state index is -0.873. The fourth-order valence-electron chi connectivity index (χ4n) is 2.44. The number of allylic oxidation sites excluding steroid dienone is 1. The molecule has 88 valence electrons. The summed E-state index contributed by atoms with van der Waals surface area (Å²) >= 11 is 0. The predicted molar refractivity (Wildman–Crippen MR) is 57.9 cm³/mol. The third-order valence-electron chi connectivity index (χ3n) is 3.33. The Morgan fingerprint density at radius 3 is 2.31 bits per heavy atom. The lowest BCUT2D eigenvalue weighted by Gasteiger charge is -2.14. The highest BCUT2D eigenvalue weighted by molar-refractivity contribution is 5.94. The van der Waals surface area contributed by atoms with Crippen LogP contribution in [0.4, 0.5) is 4.79 Å². The van der Waals surface area contributed by atoms with Crippen LogP contribution in [0.25, 0.3) is 0 Å². The number of nitrogens with zero attached hydrogens (tertiary/aromatic N) is 2. The summed E-state index contributed by atoms with van der Waals surface area (Å²) in [7, 11) is 3.73. The van der Waals surface area contributed by atoms with E-state index in [1.165, 1.54) is 4.90 Å². The van der Waals surface area contributed by atoms with Gasteiger partial charge in [0.15, 0.2) is 5.78 Å². The third-order valence-corrected chi connectivity index (χ3v) is 3.33. The largest absolute Gasteiger partial charge is 0.465 e. The van der Waals surface area contributed by atoms with Gasteiger partial charge in [0, 0.05) is 39.3 Å². The van der Waals surface area contributed by atoms with Crippen LogP contribution in [0.2, 0.25) is 0 Å². The minimum Gasteiger partial charge on any atom is -0.465 e. The van der Waals surface area contributed by atoms with Gasteiger partial charge in [0.05, 0.1) is 0 Å². The van der Waals surface area contributed by atoms with Gasteiger partial charge in [0.25, 0.3) is 0 Å². The molecule has 0 bridgehead atoms. The monoisotopic (exact) mass is 224 g/mol. The van der Waals surface area contributed by atoms with Crippen LogP contribution in [0.1, 0.15) is 0 Å². The van der Waals surface area contributed by atoms with Crippen LogP contribution in [0.3, 0.4) is 0 Å². The molecule has 1 saturated heterocycles. The first kappa shape index (κ1) is 11.0. The molecule has 0 aromatic carbocycles. The lowest BCUT2D eigenvalue weighted by molar-refractivity contribution is -0.116. The Bertz CT molecular complexity index is 339. The van der Waals surface area contributed by atoms with Gasteiger partial charge >= 0.3 is 6.09 Å². The second-order valence-electron chi connectivity index (χ2n) is 4.72. The van der Waals surface area contributed by atoms with Gasteiger partial charge in [0.2, 0.25) is 0 Å². The summed E-state index contributed by atoms with van der Waals surface area (Å²) in [6, 6.07) is 0. The maximum atomic E-state index is 11.7. The highest BCUT2D eigenvalue weighted by Crippen LogP contribution is 2.52. The summed E-state index contributed by atoms with van der Waals surface area (Å²) in [5.41, 5.74) is 0. The highest BCUT2D eigenvalue weighted by Gasteiger charge is 2.59. The van der Waals surface area contributed by atoms with Crippen LogP contribution >= 0.6 is 0 Å². The van der Waals surface area contributed by atoms with Gasteiger partial charge in [-0.25, -0.2) is 4.79 Å². The Labute approximate surface area is 94.3 Å². The molecule has 5 nitrogen and oxygen atoms in total. The smallest absolute Gasteiger partial charge is 0.407 e. The number of carboxylic acid groups (broad SMARTS) is 1. The summed E-state index contributed by atoms with van der Waals surface area (Å²) in [5, 5.41) is 8.77. The fraction of sp³-hybridized carbons (Fsp3) is 0.636. The first-order chi connectivity index (χ1) is 7.50. The number of piperidine rings is 1. The Morgan fingerprint density at radius 1 is 1.31 bits per heavy atom. The number of ketones is 1. The van der Waals surface area contributed by atoms with E-state index in [0.29, 0.717) is 13.1 Å². The first-order valence-corrected chi connectivity index (χ1v) is 5.37. The molecule has 2 rings (SSSR count). The van der Waals surface area contributed by atoms with Crippen LogP contribution < -0.4 is 0 Å². The van der Waals surface area contributed by atoms with E-state index >= 15 is 0 Å². The lowest BCUT2D eigenvalue weighted by atomic mass is 10.1. The maximum absolute atomic E-state index is 11.7. The molecule has 1 N–H and O–H groups in total. The van der Waals surface area contributed by atoms with Gasteiger partial charge < -0.3 is 14.9 Å². The van der Waals surface area contributed by atoms with Crippen LogP contribution in [0, 0.1) is 17.8 Å². The second-order valence-corrected chi connectivity index (χ2v) is 4.72. The number of fused-ring (bicyclic) bond motifs is 1. The maximum Gasteiger partial charge on any atom is 0.407 e. The van der Waals surface area contributed by atoms with E-state index in [4.69, 9.17) is 5.11 Å². The standard InChI is InChI=1S/C11H16N2O3/c1-12(2)4-3-9(14)10-7-5-13(11(15)16)6-8(7)10/h3-4,7-8,10H,5-6H2,1-2H3,(H,15,16)/b4-3+/t7-,8+,10?. The van der Waals surface area contributed by atoms with Crippen molar-refractivity contribution in [2.45, 2.75) is 0 Å². The number of hydrogen-bond acceptors (Lipinski definition) is 3. The zero-order valence-electron chi connectivity index (χ0n) is 9.46. The van der Waals surface area contributed by atoms with Crippen molar-refractivity contribution in [3.8, 4) is 0 Å². The second kappa shape index (κ2) is 3.81. The normalized spacial score (nSPS) is 31.6. The van der Waals surface area contributed by atoms with Crippen molar-refractivity contribution in [2.75, 3.05) is 27.2 Å². The van der Waals surface area contributed by atoms with Gasteiger partial charge in [-0.2, -0.15) is 0 Å². The zero-order valence-corrected chi connectivity index (χ0v) is 9.46. The van der Waals surface area contributed by atoms with Crippen molar-refractivity contribution in [3.05, 3.63) is 12.3 Å². The Kier molecular flexibility index (Phi) is 2.61. The summed E-state index contributed by atoms with van der Waals surface area (Å²) in [5.74, 6) is 0.714. The van der Waals surface area contributed by atoms with Crippen molar-refractivity contribution >= 4 is 11.9 Å². The zero-order chi connectivity index (χ0) is 11.9. The van der Waals surface area contributed by atoms with Crippen molar-refractivity contribution in [1.82, 2.24) is 9.80 Å². The Balaban J connectivity index is 1.86. The molecule has 0 aromatic heterocycles. The number of hydrogen-bond donors (Lipinski definition) is 1. The Morgan fingerprint density at radius 2 is 1.88 bits per heavy atom. The van der Waals surface area contributed by atoms with Gasteiger partial charge in [0.1, 0.15) is 0 Å². The van der Waals surface area contributed by atoms with Crippen LogP contribution in [-0.2, 0) is 4.79 Å². The molecule has 2 fully saturated rings. The van der Waals surface area contributed by atoms with Crippen molar-refractivity contribution in [2.24, 2.45) is 17.8 Å². The highest BCUT2D eigenvalue weighted by atomic mass is 16.4. The molecule has 0 aromatic rings. The predicted octanol–water partition coefficient (Wildman–Crippen LogP) is 0.487. The summed E-state index contributed by atoms with van der Waals surface area (Å²) in [6.07, 6.45) is 2.46. The van der Waals surface area contributed by atoms with Crippen molar-refractivity contribution < 1.29 is 14.7 Å². The van der Waals surface area contributed by atoms with Crippen molar-refractivity contribution in [1.29, 1.82) is 0 Å². The third kappa shape index (κ3) is 1.89. The SMILES string of the molecule is CN(C)/C=C/C(=O)C1[C@H]2CN(C(=O)O)C[C@@H]12. The van der Waals surface area contributed by atoms with E-state index in [-0.39, 0.29) is 23.5 Å². The van der Waals surface area contributed by atoms with Gasteiger partial charge in [-0.1, -0.05) is 0 Å². The van der Waals surface area contributed by atoms with E-state index in [0.717, 1.165) is 0 Å². The summed E-state index contributed by atoms with van der Waals surface area (Å²) in [6.45, 7) is 1.04. The Hall–Kier alpha value is -1.52. The van der Waals surface area contributed by atoms with Gasteiger partial charge in [-0.05, 0) is 17.9 Å². The van der Waals surface area contributed by atoms with E-state index in [1.54, 1.807) is 12.3 Å². The quantitative estimate of drug-likeness (QED) is 0.709.